The molecule has 1 aliphatic carbocycles. The molecule has 0 aromatic heterocycles. The van der Waals surface area contributed by atoms with Crippen LogP contribution in [0.3, 0.4) is 0 Å². The van der Waals surface area contributed by atoms with Crippen molar-refractivity contribution in [1.29, 1.82) is 0 Å². The second kappa shape index (κ2) is 5.69. The lowest BCUT2D eigenvalue weighted by molar-refractivity contribution is -0.143. The van der Waals surface area contributed by atoms with Crippen LogP contribution in [0.15, 0.2) is 0 Å². The van der Waals surface area contributed by atoms with E-state index >= 15 is 0 Å². The third-order valence-corrected chi connectivity index (χ3v) is 3.88. The summed E-state index contributed by atoms with van der Waals surface area (Å²) in [5.41, 5.74) is 0. The third-order valence-electron chi connectivity index (χ3n) is 3.88. The van der Waals surface area contributed by atoms with E-state index in [1.165, 1.54) is 12.0 Å². The standard InChI is InChI=1S/C13H20N2O4/c1-8(13(18)19-2)14-10-7-11(16)15(12(10)17)9-5-3-4-6-9/h8-10,14H,3-7H2,1-2H3. The maximum absolute atomic E-state index is 12.2. The number of likely N-dealkylation sites (tertiary alicyclic amines) is 1. The molecule has 1 heterocycles. The van der Waals surface area contributed by atoms with E-state index < -0.39 is 18.1 Å². The Morgan fingerprint density at radius 3 is 2.58 bits per heavy atom. The van der Waals surface area contributed by atoms with Gasteiger partial charge in [-0.3, -0.25) is 24.6 Å². The zero-order valence-corrected chi connectivity index (χ0v) is 11.3. The van der Waals surface area contributed by atoms with Gasteiger partial charge in [0.25, 0.3) is 0 Å². The maximum Gasteiger partial charge on any atom is 0.322 e. The van der Waals surface area contributed by atoms with E-state index in [1.807, 2.05) is 0 Å². The van der Waals surface area contributed by atoms with Gasteiger partial charge in [-0.05, 0) is 19.8 Å². The zero-order chi connectivity index (χ0) is 14.0. The van der Waals surface area contributed by atoms with Crippen LogP contribution in [0.4, 0.5) is 0 Å². The van der Waals surface area contributed by atoms with Crippen LogP contribution in [0, 0.1) is 0 Å². The predicted octanol–water partition coefficient (Wildman–Crippen LogP) is 0.208. The molecule has 1 saturated carbocycles. The van der Waals surface area contributed by atoms with Crippen molar-refractivity contribution in [1.82, 2.24) is 10.2 Å². The lowest BCUT2D eigenvalue weighted by Crippen LogP contribution is -2.47. The lowest BCUT2D eigenvalue weighted by atomic mass is 10.2. The molecule has 1 N–H and O–H groups in total. The predicted molar refractivity (Wildman–Crippen MR) is 67.1 cm³/mol. The Labute approximate surface area is 112 Å². The third kappa shape index (κ3) is 2.78. The minimum atomic E-state index is -0.595. The number of methoxy groups -OCH3 is 1. The Hall–Kier alpha value is -1.43. The molecule has 6 heteroatoms. The van der Waals surface area contributed by atoms with Crippen LogP contribution in [-0.4, -0.2) is 47.9 Å². The van der Waals surface area contributed by atoms with Crippen LogP contribution in [0.2, 0.25) is 0 Å². The number of imide groups is 1. The van der Waals surface area contributed by atoms with Crippen LogP contribution in [0.1, 0.15) is 39.0 Å². The summed E-state index contributed by atoms with van der Waals surface area (Å²) in [4.78, 5) is 36.9. The van der Waals surface area contributed by atoms with Gasteiger partial charge < -0.3 is 4.74 Å². The molecular formula is C13H20N2O4. The summed E-state index contributed by atoms with van der Waals surface area (Å²) in [6, 6.07) is -1.13. The number of nitrogens with one attached hydrogen (secondary N) is 1. The summed E-state index contributed by atoms with van der Waals surface area (Å²) in [5, 5.41) is 2.88. The van der Waals surface area contributed by atoms with Gasteiger partial charge in [0.15, 0.2) is 0 Å². The van der Waals surface area contributed by atoms with Crippen molar-refractivity contribution in [2.24, 2.45) is 0 Å². The van der Waals surface area contributed by atoms with Gasteiger partial charge in [-0.2, -0.15) is 0 Å². The van der Waals surface area contributed by atoms with Crippen LogP contribution >= 0.6 is 0 Å². The molecule has 6 nitrogen and oxygen atoms in total. The molecule has 0 aromatic carbocycles. The number of hydrogen-bond donors (Lipinski definition) is 1. The highest BCUT2D eigenvalue weighted by molar-refractivity contribution is 6.06. The van der Waals surface area contributed by atoms with E-state index in [2.05, 4.69) is 10.1 Å². The minimum Gasteiger partial charge on any atom is -0.468 e. The van der Waals surface area contributed by atoms with Crippen molar-refractivity contribution >= 4 is 17.8 Å². The van der Waals surface area contributed by atoms with Gasteiger partial charge >= 0.3 is 5.97 Å². The molecule has 1 saturated heterocycles. The number of carbonyl (C=O) groups excluding carboxylic acids is 3. The highest BCUT2D eigenvalue weighted by atomic mass is 16.5. The van der Waals surface area contributed by atoms with Gasteiger partial charge in [0.2, 0.25) is 11.8 Å². The summed E-state index contributed by atoms with van der Waals surface area (Å²) < 4.78 is 4.60. The monoisotopic (exact) mass is 268 g/mol. The van der Waals surface area contributed by atoms with E-state index in [4.69, 9.17) is 0 Å². The SMILES string of the molecule is COC(=O)C(C)NC1CC(=O)N(C2CCCC2)C1=O. The molecule has 1 aliphatic heterocycles. The molecule has 2 rings (SSSR count). The average molecular weight is 268 g/mol. The summed E-state index contributed by atoms with van der Waals surface area (Å²) in [6.07, 6.45) is 4.07. The summed E-state index contributed by atoms with van der Waals surface area (Å²) in [6.45, 7) is 1.63. The maximum atomic E-state index is 12.2. The van der Waals surface area contributed by atoms with Gasteiger partial charge in [-0.25, -0.2) is 0 Å². The number of rotatable bonds is 4. The Bertz CT molecular complexity index is 390. The van der Waals surface area contributed by atoms with Gasteiger partial charge in [0.05, 0.1) is 19.6 Å². The Morgan fingerprint density at radius 2 is 2.00 bits per heavy atom. The molecule has 0 aromatic rings. The van der Waals surface area contributed by atoms with Crippen molar-refractivity contribution in [2.75, 3.05) is 7.11 Å². The van der Waals surface area contributed by atoms with Gasteiger partial charge in [0.1, 0.15) is 6.04 Å². The molecule has 0 spiro atoms. The number of nitrogens with zero attached hydrogens (tertiary/aromatic N) is 1. The van der Waals surface area contributed by atoms with Crippen molar-refractivity contribution < 1.29 is 19.1 Å². The normalized spacial score (nSPS) is 26.0. The van der Waals surface area contributed by atoms with Crippen LogP contribution in [0.5, 0.6) is 0 Å². The molecule has 2 fully saturated rings. The number of hydrogen-bond acceptors (Lipinski definition) is 5. The largest absolute Gasteiger partial charge is 0.468 e. The van der Waals surface area contributed by atoms with E-state index in [9.17, 15) is 14.4 Å². The van der Waals surface area contributed by atoms with Crippen LogP contribution < -0.4 is 5.32 Å². The molecule has 0 bridgehead atoms. The highest BCUT2D eigenvalue weighted by Gasteiger charge is 2.43. The fourth-order valence-electron chi connectivity index (χ4n) is 2.87. The number of amides is 2. The summed E-state index contributed by atoms with van der Waals surface area (Å²) in [5.74, 6) is -0.765. The first-order valence-corrected chi connectivity index (χ1v) is 6.74. The molecule has 106 valence electrons. The Morgan fingerprint density at radius 1 is 1.37 bits per heavy atom. The molecule has 19 heavy (non-hydrogen) atoms. The fraction of sp³-hybridized carbons (Fsp3) is 0.769. The number of esters is 1. The van der Waals surface area contributed by atoms with Gasteiger partial charge in [-0.1, -0.05) is 12.8 Å². The Kier molecular flexibility index (Phi) is 4.19. The van der Waals surface area contributed by atoms with E-state index in [0.717, 1.165) is 25.7 Å². The molecule has 2 atom stereocenters. The summed E-state index contributed by atoms with van der Waals surface area (Å²) >= 11 is 0. The lowest BCUT2D eigenvalue weighted by Gasteiger charge is -2.22. The molecule has 2 amide bonds. The molecule has 2 unspecified atom stereocenters. The first-order valence-electron chi connectivity index (χ1n) is 6.74. The second-order valence-corrected chi connectivity index (χ2v) is 5.21. The van der Waals surface area contributed by atoms with E-state index in [-0.39, 0.29) is 24.3 Å². The topological polar surface area (TPSA) is 75.7 Å². The van der Waals surface area contributed by atoms with Crippen molar-refractivity contribution in [3.63, 3.8) is 0 Å². The van der Waals surface area contributed by atoms with E-state index in [0.29, 0.717) is 0 Å². The second-order valence-electron chi connectivity index (χ2n) is 5.21. The fourth-order valence-corrected chi connectivity index (χ4v) is 2.87. The minimum absolute atomic E-state index is 0.0558. The molecular weight excluding hydrogens is 248 g/mol. The van der Waals surface area contributed by atoms with Crippen molar-refractivity contribution in [3.8, 4) is 0 Å². The summed E-state index contributed by atoms with van der Waals surface area (Å²) in [7, 11) is 1.30. The first kappa shape index (κ1) is 14.0. The average Bonchev–Trinajstić information content (AvgIpc) is 2.98. The van der Waals surface area contributed by atoms with Crippen LogP contribution in [-0.2, 0) is 19.1 Å². The zero-order valence-electron chi connectivity index (χ0n) is 11.3. The number of ether oxygens (including phenoxy) is 1. The first-order chi connectivity index (χ1) is 9.04. The molecule has 2 aliphatic rings. The smallest absolute Gasteiger partial charge is 0.322 e. The quantitative estimate of drug-likeness (QED) is 0.582. The van der Waals surface area contributed by atoms with Crippen molar-refractivity contribution in [2.45, 2.75) is 57.2 Å². The van der Waals surface area contributed by atoms with E-state index in [1.54, 1.807) is 6.92 Å². The van der Waals surface area contributed by atoms with Crippen molar-refractivity contribution in [3.05, 3.63) is 0 Å². The van der Waals surface area contributed by atoms with Gasteiger partial charge in [0, 0.05) is 6.04 Å². The number of carbonyl (C=O) groups is 3. The van der Waals surface area contributed by atoms with Gasteiger partial charge in [-0.15, -0.1) is 0 Å². The molecule has 0 radical (unpaired) electrons. The highest BCUT2D eigenvalue weighted by Crippen LogP contribution is 2.28. The Balaban J connectivity index is 1.99. The van der Waals surface area contributed by atoms with Crippen LogP contribution in [0.25, 0.3) is 0 Å².